The SMILES string of the molecule is CN(C(=O)CN(CC1CC1)CC1CCCN1)C1CC1. The zero-order chi connectivity index (χ0) is 13.2. The van der Waals surface area contributed by atoms with E-state index in [4.69, 9.17) is 0 Å². The van der Waals surface area contributed by atoms with Gasteiger partial charge >= 0.3 is 0 Å². The van der Waals surface area contributed by atoms with Gasteiger partial charge in [-0.05, 0) is 51.0 Å². The highest BCUT2D eigenvalue weighted by atomic mass is 16.2. The van der Waals surface area contributed by atoms with Crippen LogP contribution in [-0.4, -0.2) is 61.0 Å². The van der Waals surface area contributed by atoms with Gasteiger partial charge in [0.15, 0.2) is 0 Å². The van der Waals surface area contributed by atoms with Gasteiger partial charge in [0.25, 0.3) is 0 Å². The predicted molar refractivity (Wildman–Crippen MR) is 76.0 cm³/mol. The molecule has 1 N–H and O–H groups in total. The number of carbonyl (C=O) groups is 1. The lowest BCUT2D eigenvalue weighted by Gasteiger charge is -2.27. The van der Waals surface area contributed by atoms with Crippen LogP contribution >= 0.6 is 0 Å². The van der Waals surface area contributed by atoms with Gasteiger partial charge in [0.2, 0.25) is 5.91 Å². The fraction of sp³-hybridized carbons (Fsp3) is 0.933. The molecule has 2 saturated carbocycles. The number of carbonyl (C=O) groups excluding carboxylic acids is 1. The van der Waals surface area contributed by atoms with E-state index in [1.54, 1.807) is 0 Å². The molecule has 4 nitrogen and oxygen atoms in total. The zero-order valence-electron chi connectivity index (χ0n) is 12.1. The number of hydrogen-bond donors (Lipinski definition) is 1. The van der Waals surface area contributed by atoms with Crippen LogP contribution in [0.4, 0.5) is 0 Å². The van der Waals surface area contributed by atoms with E-state index in [0.717, 1.165) is 25.6 Å². The smallest absolute Gasteiger partial charge is 0.236 e. The molecule has 3 fully saturated rings. The largest absolute Gasteiger partial charge is 0.342 e. The molecule has 1 amide bonds. The first-order chi connectivity index (χ1) is 9.22. The van der Waals surface area contributed by atoms with Gasteiger partial charge in [-0.1, -0.05) is 0 Å². The van der Waals surface area contributed by atoms with Crippen molar-refractivity contribution in [3.8, 4) is 0 Å². The highest BCUT2D eigenvalue weighted by Crippen LogP contribution is 2.30. The first-order valence-corrected chi connectivity index (χ1v) is 7.94. The fourth-order valence-corrected chi connectivity index (χ4v) is 3.06. The molecule has 0 aromatic heterocycles. The van der Waals surface area contributed by atoms with Crippen molar-refractivity contribution in [1.82, 2.24) is 15.1 Å². The summed E-state index contributed by atoms with van der Waals surface area (Å²) in [5, 5.41) is 3.55. The molecule has 0 aromatic rings. The van der Waals surface area contributed by atoms with E-state index in [-0.39, 0.29) is 0 Å². The number of rotatable bonds is 7. The molecule has 3 rings (SSSR count). The summed E-state index contributed by atoms with van der Waals surface area (Å²) in [6.45, 7) is 3.96. The summed E-state index contributed by atoms with van der Waals surface area (Å²) in [6, 6.07) is 1.15. The Morgan fingerprint density at radius 1 is 1.16 bits per heavy atom. The maximum Gasteiger partial charge on any atom is 0.236 e. The van der Waals surface area contributed by atoms with Crippen molar-refractivity contribution in [3.63, 3.8) is 0 Å². The zero-order valence-corrected chi connectivity index (χ0v) is 12.1. The van der Waals surface area contributed by atoms with Crippen LogP contribution in [-0.2, 0) is 4.79 Å². The quantitative estimate of drug-likeness (QED) is 0.748. The van der Waals surface area contributed by atoms with Gasteiger partial charge in [0.1, 0.15) is 0 Å². The number of amides is 1. The molecule has 2 aliphatic carbocycles. The molecule has 1 aliphatic heterocycles. The first kappa shape index (κ1) is 13.4. The number of nitrogens with one attached hydrogen (secondary N) is 1. The van der Waals surface area contributed by atoms with Gasteiger partial charge in [-0.15, -0.1) is 0 Å². The fourth-order valence-electron chi connectivity index (χ4n) is 3.06. The van der Waals surface area contributed by atoms with E-state index in [2.05, 4.69) is 10.2 Å². The molecule has 1 saturated heterocycles. The van der Waals surface area contributed by atoms with E-state index in [1.165, 1.54) is 38.5 Å². The molecule has 1 unspecified atom stereocenters. The lowest BCUT2D eigenvalue weighted by atomic mass is 10.2. The average molecular weight is 265 g/mol. The molecule has 3 aliphatic rings. The lowest BCUT2D eigenvalue weighted by Crippen LogP contribution is -2.45. The van der Waals surface area contributed by atoms with E-state index >= 15 is 0 Å². The van der Waals surface area contributed by atoms with Crippen molar-refractivity contribution >= 4 is 5.91 Å². The van der Waals surface area contributed by atoms with Crippen LogP contribution < -0.4 is 5.32 Å². The average Bonchev–Trinajstić information content (AvgIpc) is 3.30. The summed E-state index contributed by atoms with van der Waals surface area (Å²) in [6.07, 6.45) is 7.69. The van der Waals surface area contributed by atoms with Crippen LogP contribution in [0.25, 0.3) is 0 Å². The van der Waals surface area contributed by atoms with E-state index in [9.17, 15) is 4.79 Å². The number of likely N-dealkylation sites (N-methyl/N-ethyl adjacent to an activating group) is 1. The van der Waals surface area contributed by atoms with Crippen molar-refractivity contribution in [2.75, 3.05) is 33.2 Å². The molecule has 1 atom stereocenters. The van der Waals surface area contributed by atoms with Gasteiger partial charge in [-0.25, -0.2) is 0 Å². The van der Waals surface area contributed by atoms with Crippen LogP contribution in [0.15, 0.2) is 0 Å². The van der Waals surface area contributed by atoms with Crippen molar-refractivity contribution in [2.24, 2.45) is 5.92 Å². The molecule has 0 spiro atoms. The highest BCUT2D eigenvalue weighted by Gasteiger charge is 2.32. The molecular weight excluding hydrogens is 238 g/mol. The van der Waals surface area contributed by atoms with Gasteiger partial charge in [0.05, 0.1) is 6.54 Å². The Balaban J connectivity index is 1.49. The van der Waals surface area contributed by atoms with Gasteiger partial charge in [0, 0.05) is 32.2 Å². The Kier molecular flexibility index (Phi) is 4.08. The Labute approximate surface area is 116 Å². The van der Waals surface area contributed by atoms with Crippen LogP contribution in [0.3, 0.4) is 0 Å². The van der Waals surface area contributed by atoms with Crippen molar-refractivity contribution < 1.29 is 4.79 Å². The standard InChI is InChI=1S/C15H27N3O/c1-17(14-6-7-14)15(19)11-18(9-12-4-5-12)10-13-3-2-8-16-13/h12-14,16H,2-11H2,1H3. The minimum absolute atomic E-state index is 0.321. The summed E-state index contributed by atoms with van der Waals surface area (Å²) in [4.78, 5) is 16.7. The minimum atomic E-state index is 0.321. The van der Waals surface area contributed by atoms with Crippen LogP contribution in [0, 0.1) is 5.92 Å². The summed E-state index contributed by atoms with van der Waals surface area (Å²) in [7, 11) is 1.98. The molecular formula is C15H27N3O. The Morgan fingerprint density at radius 2 is 1.95 bits per heavy atom. The molecule has 1 heterocycles. The maximum absolute atomic E-state index is 12.3. The summed E-state index contributed by atoms with van der Waals surface area (Å²) in [5.74, 6) is 1.18. The lowest BCUT2D eigenvalue weighted by molar-refractivity contribution is -0.131. The second-order valence-corrected chi connectivity index (χ2v) is 6.67. The monoisotopic (exact) mass is 265 g/mol. The Bertz CT molecular complexity index is 319. The van der Waals surface area contributed by atoms with Crippen molar-refractivity contribution in [1.29, 1.82) is 0 Å². The third-order valence-electron chi connectivity index (χ3n) is 4.70. The second-order valence-electron chi connectivity index (χ2n) is 6.67. The molecule has 0 radical (unpaired) electrons. The summed E-state index contributed by atoms with van der Waals surface area (Å²) >= 11 is 0. The number of nitrogens with zero attached hydrogens (tertiary/aromatic N) is 2. The third-order valence-corrected chi connectivity index (χ3v) is 4.70. The Morgan fingerprint density at radius 3 is 2.53 bits per heavy atom. The van der Waals surface area contributed by atoms with E-state index in [0.29, 0.717) is 24.5 Å². The van der Waals surface area contributed by atoms with E-state index in [1.807, 2.05) is 11.9 Å². The van der Waals surface area contributed by atoms with E-state index < -0.39 is 0 Å². The topological polar surface area (TPSA) is 35.6 Å². The maximum atomic E-state index is 12.3. The molecule has 0 aromatic carbocycles. The minimum Gasteiger partial charge on any atom is -0.342 e. The highest BCUT2D eigenvalue weighted by molar-refractivity contribution is 5.78. The summed E-state index contributed by atoms with van der Waals surface area (Å²) in [5.41, 5.74) is 0. The predicted octanol–water partition coefficient (Wildman–Crippen LogP) is 1.07. The van der Waals surface area contributed by atoms with Gasteiger partial charge in [-0.3, -0.25) is 9.69 Å². The molecule has 19 heavy (non-hydrogen) atoms. The normalized spacial score (nSPS) is 26.9. The van der Waals surface area contributed by atoms with Crippen LogP contribution in [0.1, 0.15) is 38.5 Å². The van der Waals surface area contributed by atoms with Gasteiger partial charge in [-0.2, -0.15) is 0 Å². The van der Waals surface area contributed by atoms with Crippen molar-refractivity contribution in [2.45, 2.75) is 50.6 Å². The van der Waals surface area contributed by atoms with Crippen LogP contribution in [0.2, 0.25) is 0 Å². The van der Waals surface area contributed by atoms with Crippen molar-refractivity contribution in [3.05, 3.63) is 0 Å². The first-order valence-electron chi connectivity index (χ1n) is 7.94. The third kappa shape index (κ3) is 3.93. The van der Waals surface area contributed by atoms with Gasteiger partial charge < -0.3 is 10.2 Å². The molecule has 4 heteroatoms. The van der Waals surface area contributed by atoms with Crippen LogP contribution in [0.5, 0.6) is 0 Å². The molecule has 108 valence electrons. The Hall–Kier alpha value is -0.610. The molecule has 0 bridgehead atoms. The number of hydrogen-bond acceptors (Lipinski definition) is 3. The second kappa shape index (κ2) is 5.80. The summed E-state index contributed by atoms with van der Waals surface area (Å²) < 4.78 is 0.